The van der Waals surface area contributed by atoms with Gasteiger partial charge in [0.05, 0.1) is 0 Å². The average molecular weight is 410 g/mol. The zero-order valence-electron chi connectivity index (χ0n) is 16.3. The molecule has 0 bridgehead atoms. The number of thioether (sulfide) groups is 1. The van der Waals surface area contributed by atoms with Crippen LogP contribution in [0.3, 0.4) is 0 Å². The Morgan fingerprint density at radius 1 is 1.22 bits per heavy atom. The molecule has 148 valence electrons. The number of hydrogen-bond acceptors (Lipinski definition) is 4. The van der Waals surface area contributed by atoms with Crippen LogP contribution < -0.4 is 0 Å². The Labute approximate surface area is 171 Å². The Morgan fingerprint density at radius 2 is 1.89 bits per heavy atom. The zero-order chi connectivity index (χ0) is 20.0. The van der Waals surface area contributed by atoms with Gasteiger partial charge in [0.15, 0.2) is 0 Å². The van der Waals surface area contributed by atoms with Gasteiger partial charge in [0.2, 0.25) is 10.9 Å². The fourth-order valence-electron chi connectivity index (χ4n) is 3.03. The van der Waals surface area contributed by atoms with Crippen LogP contribution in [0.4, 0.5) is 0 Å². The van der Waals surface area contributed by atoms with E-state index in [2.05, 4.69) is 0 Å². The van der Waals surface area contributed by atoms with Crippen LogP contribution in [0.5, 0.6) is 0 Å². The number of rotatable bonds is 8. The van der Waals surface area contributed by atoms with Crippen molar-refractivity contribution in [2.75, 3.05) is 12.3 Å². The van der Waals surface area contributed by atoms with Crippen LogP contribution in [-0.2, 0) is 20.8 Å². The lowest BCUT2D eigenvalue weighted by Gasteiger charge is -2.27. The normalized spacial score (nSPS) is 17.2. The second kappa shape index (κ2) is 9.74. The van der Waals surface area contributed by atoms with Crippen molar-refractivity contribution in [1.29, 1.82) is 0 Å². The molecule has 1 heterocycles. The number of ketones is 1. The summed E-state index contributed by atoms with van der Waals surface area (Å²) < 4.78 is 0. The number of carbonyl (C=O) groups is 3. The molecule has 0 spiro atoms. The summed E-state index contributed by atoms with van der Waals surface area (Å²) in [7, 11) is 0. The topological polar surface area (TPSA) is 54.5 Å². The predicted molar refractivity (Wildman–Crippen MR) is 111 cm³/mol. The molecule has 0 N–H and O–H groups in total. The molecule has 0 unspecified atom stereocenters. The van der Waals surface area contributed by atoms with Crippen molar-refractivity contribution < 1.29 is 14.4 Å². The molecule has 2 rings (SSSR count). The van der Waals surface area contributed by atoms with Crippen molar-refractivity contribution in [3.8, 4) is 0 Å². The molecule has 0 saturated carbocycles. The lowest BCUT2D eigenvalue weighted by atomic mass is 9.84. The second-order valence-electron chi connectivity index (χ2n) is 7.62. The summed E-state index contributed by atoms with van der Waals surface area (Å²) in [6.07, 6.45) is 3.78. The number of nitrogens with zero attached hydrogens (tertiary/aromatic N) is 1. The summed E-state index contributed by atoms with van der Waals surface area (Å²) in [5.41, 5.74) is 0.511. The highest BCUT2D eigenvalue weighted by Gasteiger charge is 2.40. The van der Waals surface area contributed by atoms with Crippen molar-refractivity contribution in [2.24, 2.45) is 5.41 Å². The van der Waals surface area contributed by atoms with Gasteiger partial charge < -0.3 is 4.90 Å². The molecule has 27 heavy (non-hydrogen) atoms. The van der Waals surface area contributed by atoms with E-state index in [9.17, 15) is 14.4 Å². The Hall–Kier alpha value is -1.33. The van der Waals surface area contributed by atoms with Crippen LogP contribution in [-0.4, -0.2) is 40.0 Å². The molecule has 0 aliphatic carbocycles. The summed E-state index contributed by atoms with van der Waals surface area (Å²) in [6.45, 7) is 5.96. The molecule has 1 aliphatic heterocycles. The van der Waals surface area contributed by atoms with Gasteiger partial charge in [0.1, 0.15) is 6.04 Å². The van der Waals surface area contributed by atoms with E-state index in [-0.39, 0.29) is 5.12 Å². The minimum Gasteiger partial charge on any atom is -0.325 e. The van der Waals surface area contributed by atoms with Crippen molar-refractivity contribution in [2.45, 2.75) is 58.9 Å². The minimum atomic E-state index is -0.682. The second-order valence-corrected chi connectivity index (χ2v) is 9.16. The lowest BCUT2D eigenvalue weighted by Crippen LogP contribution is -2.47. The third-order valence-electron chi connectivity index (χ3n) is 5.25. The highest BCUT2D eigenvalue weighted by atomic mass is 35.5. The molecule has 1 atom stereocenters. The first-order valence-electron chi connectivity index (χ1n) is 9.52. The monoisotopic (exact) mass is 409 g/mol. The first kappa shape index (κ1) is 22.0. The van der Waals surface area contributed by atoms with Gasteiger partial charge in [0, 0.05) is 22.7 Å². The van der Waals surface area contributed by atoms with Crippen LogP contribution in [0.15, 0.2) is 24.3 Å². The number of aryl methyl sites for hydroxylation is 1. The third-order valence-corrected chi connectivity index (χ3v) is 6.55. The quantitative estimate of drug-likeness (QED) is 0.467. The zero-order valence-corrected chi connectivity index (χ0v) is 17.9. The van der Waals surface area contributed by atoms with Crippen LogP contribution in [0.25, 0.3) is 0 Å². The van der Waals surface area contributed by atoms with Crippen molar-refractivity contribution in [1.82, 2.24) is 4.90 Å². The molecule has 1 aliphatic rings. The van der Waals surface area contributed by atoms with Crippen LogP contribution in [0.1, 0.15) is 52.0 Å². The SMILES string of the molecule is CCC(C)(C)C(=O)C(=O)N1CCC[C@H]1C(=O)SCCCc1ccc(Cl)cc1. The molecule has 1 aromatic rings. The van der Waals surface area contributed by atoms with Gasteiger partial charge in [-0.25, -0.2) is 0 Å². The van der Waals surface area contributed by atoms with Gasteiger partial charge in [-0.05, 0) is 49.8 Å². The molecule has 4 nitrogen and oxygen atoms in total. The van der Waals surface area contributed by atoms with Gasteiger partial charge in [-0.3, -0.25) is 14.4 Å². The molecule has 1 saturated heterocycles. The largest absolute Gasteiger partial charge is 0.325 e. The summed E-state index contributed by atoms with van der Waals surface area (Å²) in [6, 6.07) is 7.26. The van der Waals surface area contributed by atoms with E-state index in [4.69, 9.17) is 11.6 Å². The van der Waals surface area contributed by atoms with E-state index < -0.39 is 23.1 Å². The van der Waals surface area contributed by atoms with Crippen molar-refractivity contribution in [3.63, 3.8) is 0 Å². The summed E-state index contributed by atoms with van der Waals surface area (Å²) in [4.78, 5) is 39.2. The van der Waals surface area contributed by atoms with E-state index >= 15 is 0 Å². The number of amides is 1. The molecular formula is C21H28ClNO3S. The molecule has 1 aromatic carbocycles. The molecule has 1 amide bonds. The van der Waals surface area contributed by atoms with Crippen LogP contribution in [0.2, 0.25) is 5.02 Å². The summed E-state index contributed by atoms with van der Waals surface area (Å²) in [5, 5.41) is 0.717. The molecule has 6 heteroatoms. The number of carbonyl (C=O) groups excluding carboxylic acids is 3. The standard InChI is InChI=1S/C21H28ClNO3S/c1-4-21(2,3)18(24)19(25)23-13-5-8-17(23)20(26)27-14-6-7-15-9-11-16(22)12-10-15/h9-12,17H,4-8,13-14H2,1-3H3/t17-/m0/s1. The number of likely N-dealkylation sites (tertiary alicyclic amines) is 1. The van der Waals surface area contributed by atoms with Gasteiger partial charge in [0.25, 0.3) is 5.91 Å². The Balaban J connectivity index is 1.84. The molecule has 0 aromatic heterocycles. The third kappa shape index (κ3) is 5.82. The van der Waals surface area contributed by atoms with E-state index in [0.717, 1.165) is 24.3 Å². The predicted octanol–water partition coefficient (Wildman–Crippen LogP) is 4.53. The summed E-state index contributed by atoms with van der Waals surface area (Å²) >= 11 is 7.15. The first-order chi connectivity index (χ1) is 12.8. The Kier molecular flexibility index (Phi) is 7.92. The van der Waals surface area contributed by atoms with Gasteiger partial charge >= 0.3 is 0 Å². The smallest absolute Gasteiger partial charge is 0.291 e. The van der Waals surface area contributed by atoms with Gasteiger partial charge in [-0.1, -0.05) is 56.3 Å². The molecule has 1 fully saturated rings. The van der Waals surface area contributed by atoms with Crippen molar-refractivity contribution in [3.05, 3.63) is 34.9 Å². The van der Waals surface area contributed by atoms with Gasteiger partial charge in [-0.2, -0.15) is 0 Å². The minimum absolute atomic E-state index is 0.000870. The number of hydrogen-bond donors (Lipinski definition) is 0. The molecular weight excluding hydrogens is 382 g/mol. The molecule has 0 radical (unpaired) electrons. The highest BCUT2D eigenvalue weighted by Crippen LogP contribution is 2.27. The average Bonchev–Trinajstić information content (AvgIpc) is 3.15. The van der Waals surface area contributed by atoms with E-state index in [1.807, 2.05) is 31.2 Å². The number of Topliss-reactive ketones (excluding diaryl/α,β-unsaturated/α-hetero) is 1. The maximum atomic E-state index is 12.6. The van der Waals surface area contributed by atoms with Crippen molar-refractivity contribution >= 4 is 40.2 Å². The van der Waals surface area contributed by atoms with E-state index in [0.29, 0.717) is 25.1 Å². The first-order valence-corrected chi connectivity index (χ1v) is 10.9. The number of benzene rings is 1. The fourth-order valence-corrected chi connectivity index (χ4v) is 4.08. The number of halogens is 1. The maximum absolute atomic E-state index is 12.6. The van der Waals surface area contributed by atoms with Gasteiger partial charge in [-0.15, -0.1) is 0 Å². The highest BCUT2D eigenvalue weighted by molar-refractivity contribution is 8.13. The lowest BCUT2D eigenvalue weighted by molar-refractivity contribution is -0.150. The fraction of sp³-hybridized carbons (Fsp3) is 0.571. The van der Waals surface area contributed by atoms with E-state index in [1.165, 1.54) is 22.2 Å². The Morgan fingerprint density at radius 3 is 2.52 bits per heavy atom. The van der Waals surface area contributed by atoms with Crippen LogP contribution >= 0.6 is 23.4 Å². The van der Waals surface area contributed by atoms with Crippen LogP contribution in [0, 0.1) is 5.41 Å². The summed E-state index contributed by atoms with van der Waals surface area (Å²) in [5.74, 6) is -0.189. The van der Waals surface area contributed by atoms with E-state index in [1.54, 1.807) is 13.8 Å². The Bertz CT molecular complexity index is 687. The maximum Gasteiger partial charge on any atom is 0.291 e.